The summed E-state index contributed by atoms with van der Waals surface area (Å²) < 4.78 is 82.7. The lowest BCUT2D eigenvalue weighted by Gasteiger charge is -2.31. The number of halogens is 6. The van der Waals surface area contributed by atoms with Crippen LogP contribution in [-0.2, 0) is 6.18 Å². The van der Waals surface area contributed by atoms with Crippen molar-refractivity contribution in [3.05, 3.63) is 41.6 Å². The fourth-order valence-electron chi connectivity index (χ4n) is 2.86. The van der Waals surface area contributed by atoms with E-state index in [0.29, 0.717) is 19.4 Å². The molecule has 1 aliphatic rings. The summed E-state index contributed by atoms with van der Waals surface area (Å²) in [5, 5.41) is 6.40. The molecular formula is C16H13F6N3O3. The summed E-state index contributed by atoms with van der Waals surface area (Å²) in [4.78, 5) is 13.9. The number of hydrogen-bond donors (Lipinski definition) is 0. The van der Waals surface area contributed by atoms with Gasteiger partial charge in [0.05, 0.1) is 5.92 Å². The van der Waals surface area contributed by atoms with Crippen molar-refractivity contribution in [3.8, 4) is 5.75 Å². The van der Waals surface area contributed by atoms with Crippen LogP contribution in [-0.4, -0.2) is 40.5 Å². The Labute approximate surface area is 154 Å². The van der Waals surface area contributed by atoms with Gasteiger partial charge in [-0.05, 0) is 37.1 Å². The first-order chi connectivity index (χ1) is 13.0. The van der Waals surface area contributed by atoms with Crippen LogP contribution >= 0.6 is 0 Å². The molecule has 0 saturated carbocycles. The number of nitrogens with zero attached hydrogens (tertiary/aromatic N) is 3. The number of benzene rings is 1. The molecule has 0 N–H and O–H groups in total. The molecule has 6 nitrogen and oxygen atoms in total. The lowest BCUT2D eigenvalue weighted by atomic mass is 9.97. The Kier molecular flexibility index (Phi) is 5.22. The summed E-state index contributed by atoms with van der Waals surface area (Å²) in [6, 6.07) is 4.38. The minimum atomic E-state index is -4.84. The number of hydrogen-bond acceptors (Lipinski definition) is 5. The predicted molar refractivity (Wildman–Crippen MR) is 80.3 cm³/mol. The maximum atomic E-state index is 12.6. The van der Waals surface area contributed by atoms with Gasteiger partial charge < -0.3 is 14.1 Å². The highest BCUT2D eigenvalue weighted by Crippen LogP contribution is 2.32. The van der Waals surface area contributed by atoms with Crippen LogP contribution in [0.4, 0.5) is 26.3 Å². The number of likely N-dealkylation sites (tertiary alicyclic amines) is 1. The van der Waals surface area contributed by atoms with E-state index >= 15 is 0 Å². The van der Waals surface area contributed by atoms with E-state index in [0.717, 1.165) is 12.1 Å². The molecule has 0 bridgehead atoms. The van der Waals surface area contributed by atoms with E-state index in [-0.39, 0.29) is 18.0 Å². The normalized spacial score (nSPS) is 18.2. The van der Waals surface area contributed by atoms with Gasteiger partial charge in [0.15, 0.2) is 0 Å². The van der Waals surface area contributed by atoms with E-state index in [1.807, 2.05) is 0 Å². The first-order valence-electron chi connectivity index (χ1n) is 8.08. The molecule has 1 amide bonds. The summed E-state index contributed by atoms with van der Waals surface area (Å²) >= 11 is 0. The second-order valence-electron chi connectivity index (χ2n) is 6.11. The molecule has 1 saturated heterocycles. The van der Waals surface area contributed by atoms with Crippen LogP contribution in [0, 0.1) is 0 Å². The maximum Gasteiger partial charge on any atom is 0.573 e. The van der Waals surface area contributed by atoms with Crippen molar-refractivity contribution in [2.75, 3.05) is 13.1 Å². The van der Waals surface area contributed by atoms with Gasteiger partial charge in [-0.25, -0.2) is 0 Å². The van der Waals surface area contributed by atoms with Crippen molar-refractivity contribution in [3.63, 3.8) is 0 Å². The fraction of sp³-hybridized carbons (Fsp3) is 0.438. The third kappa shape index (κ3) is 4.73. The van der Waals surface area contributed by atoms with Gasteiger partial charge in [0, 0.05) is 18.7 Å². The van der Waals surface area contributed by atoms with Crippen LogP contribution in [0.15, 0.2) is 28.7 Å². The number of alkyl halides is 6. The zero-order valence-electron chi connectivity index (χ0n) is 14.0. The first-order valence-corrected chi connectivity index (χ1v) is 8.08. The van der Waals surface area contributed by atoms with E-state index in [4.69, 9.17) is 0 Å². The molecule has 0 radical (unpaired) electrons. The Bertz CT molecular complexity index is 831. The quantitative estimate of drug-likeness (QED) is 0.717. The smallest absolute Gasteiger partial charge is 0.417 e. The summed E-state index contributed by atoms with van der Waals surface area (Å²) in [6.45, 7) is 0.398. The van der Waals surface area contributed by atoms with Crippen LogP contribution in [0.25, 0.3) is 0 Å². The number of carbonyl (C=O) groups is 1. The van der Waals surface area contributed by atoms with E-state index in [1.54, 1.807) is 0 Å². The van der Waals surface area contributed by atoms with Gasteiger partial charge in [0.2, 0.25) is 5.89 Å². The summed E-state index contributed by atoms with van der Waals surface area (Å²) in [5.41, 5.74) is 0.122. The van der Waals surface area contributed by atoms with Crippen molar-refractivity contribution >= 4 is 5.91 Å². The van der Waals surface area contributed by atoms with E-state index in [9.17, 15) is 31.1 Å². The van der Waals surface area contributed by atoms with Crippen molar-refractivity contribution in [1.82, 2.24) is 15.1 Å². The van der Waals surface area contributed by atoms with E-state index in [1.165, 1.54) is 17.0 Å². The molecule has 1 aromatic carbocycles. The van der Waals surface area contributed by atoms with Gasteiger partial charge in [0.1, 0.15) is 5.75 Å². The summed E-state index contributed by atoms with van der Waals surface area (Å²) in [6.07, 6.45) is -8.64. The molecule has 1 aromatic heterocycles. The van der Waals surface area contributed by atoms with Crippen LogP contribution in [0.1, 0.15) is 40.9 Å². The van der Waals surface area contributed by atoms with E-state index in [2.05, 4.69) is 19.4 Å². The Balaban J connectivity index is 1.68. The minimum absolute atomic E-state index is 0.0547. The molecule has 28 heavy (non-hydrogen) atoms. The van der Waals surface area contributed by atoms with Gasteiger partial charge in [-0.2, -0.15) is 13.2 Å². The molecule has 12 heteroatoms. The summed E-state index contributed by atoms with van der Waals surface area (Å²) in [5.74, 6) is -3.16. The van der Waals surface area contributed by atoms with Gasteiger partial charge in [-0.15, -0.1) is 23.4 Å². The molecule has 1 atom stereocenters. The van der Waals surface area contributed by atoms with Crippen molar-refractivity contribution in [2.24, 2.45) is 0 Å². The molecule has 1 aliphatic heterocycles. The number of rotatable bonds is 3. The maximum absolute atomic E-state index is 12.6. The molecule has 152 valence electrons. The fourth-order valence-corrected chi connectivity index (χ4v) is 2.86. The monoisotopic (exact) mass is 409 g/mol. The topological polar surface area (TPSA) is 68.5 Å². The molecule has 3 rings (SSSR count). The van der Waals surface area contributed by atoms with Crippen molar-refractivity contribution in [2.45, 2.75) is 31.3 Å². The van der Waals surface area contributed by atoms with Gasteiger partial charge >= 0.3 is 18.4 Å². The Morgan fingerprint density at radius 2 is 1.79 bits per heavy atom. The predicted octanol–water partition coefficient (Wildman–Crippen LogP) is 4.01. The number of aromatic nitrogens is 2. The third-order valence-corrected chi connectivity index (χ3v) is 4.08. The largest absolute Gasteiger partial charge is 0.573 e. The lowest BCUT2D eigenvalue weighted by molar-refractivity contribution is -0.274. The van der Waals surface area contributed by atoms with Crippen molar-refractivity contribution in [1.29, 1.82) is 0 Å². The van der Waals surface area contributed by atoms with Crippen LogP contribution in [0.5, 0.6) is 5.75 Å². The SMILES string of the molecule is O=C(c1ccc(OC(F)(F)F)cc1)N1CCC[C@H](c2nnc(C(F)(F)F)o2)C1. The highest BCUT2D eigenvalue weighted by molar-refractivity contribution is 5.94. The Morgan fingerprint density at radius 1 is 1.11 bits per heavy atom. The number of piperidine rings is 1. The summed E-state index contributed by atoms with van der Waals surface area (Å²) in [7, 11) is 0. The van der Waals surface area contributed by atoms with E-state index < -0.39 is 36.0 Å². The van der Waals surface area contributed by atoms with Gasteiger partial charge in [0.25, 0.3) is 5.91 Å². The van der Waals surface area contributed by atoms with Crippen LogP contribution in [0.2, 0.25) is 0 Å². The van der Waals surface area contributed by atoms with Crippen LogP contribution in [0.3, 0.4) is 0 Å². The zero-order chi connectivity index (χ0) is 20.5. The third-order valence-electron chi connectivity index (χ3n) is 4.08. The highest BCUT2D eigenvalue weighted by Gasteiger charge is 2.39. The molecule has 0 spiro atoms. The zero-order valence-corrected chi connectivity index (χ0v) is 14.0. The number of ether oxygens (including phenoxy) is 1. The minimum Gasteiger partial charge on any atom is -0.417 e. The highest BCUT2D eigenvalue weighted by atomic mass is 19.4. The molecule has 1 fully saturated rings. The first kappa shape index (κ1) is 20.0. The average Bonchev–Trinajstić information content (AvgIpc) is 3.11. The van der Waals surface area contributed by atoms with Gasteiger partial charge in [-0.3, -0.25) is 4.79 Å². The second-order valence-corrected chi connectivity index (χ2v) is 6.11. The van der Waals surface area contributed by atoms with Crippen molar-refractivity contribution < 1.29 is 40.3 Å². The average molecular weight is 409 g/mol. The molecule has 0 unspecified atom stereocenters. The second kappa shape index (κ2) is 7.32. The molecule has 0 aliphatic carbocycles. The standard InChI is InChI=1S/C16H13F6N3O3/c17-15(18,19)14-24-23-12(27-14)10-2-1-7-25(8-10)13(26)9-3-5-11(6-4-9)28-16(20,21)22/h3-6,10H,1-2,7-8H2/t10-/m0/s1. The molecular weight excluding hydrogens is 396 g/mol. The number of carbonyl (C=O) groups excluding carboxylic acids is 1. The Morgan fingerprint density at radius 3 is 2.36 bits per heavy atom. The number of amides is 1. The van der Waals surface area contributed by atoms with Gasteiger partial charge in [-0.1, -0.05) is 0 Å². The molecule has 2 aromatic rings. The molecule has 2 heterocycles. The van der Waals surface area contributed by atoms with Crippen LogP contribution < -0.4 is 4.74 Å². The lowest BCUT2D eigenvalue weighted by Crippen LogP contribution is -2.39. The Hall–Kier alpha value is -2.79.